The number of halogens is 2. The second kappa shape index (κ2) is 5.89. The van der Waals surface area contributed by atoms with Crippen LogP contribution in [-0.2, 0) is 18.9 Å². The summed E-state index contributed by atoms with van der Waals surface area (Å²) in [7, 11) is 1.84. The van der Waals surface area contributed by atoms with Gasteiger partial charge in [-0.25, -0.2) is 4.39 Å². The van der Waals surface area contributed by atoms with Crippen LogP contribution in [0.5, 0.6) is 0 Å². The van der Waals surface area contributed by atoms with E-state index >= 15 is 0 Å². The van der Waals surface area contributed by atoms with Crippen LogP contribution < -0.4 is 0 Å². The lowest BCUT2D eigenvalue weighted by atomic mass is 9.87. The van der Waals surface area contributed by atoms with Crippen LogP contribution >= 0.6 is 15.9 Å². The maximum atomic E-state index is 13.4. The Bertz CT molecular complexity index is 626. The van der Waals surface area contributed by atoms with Crippen molar-refractivity contribution in [3.8, 4) is 0 Å². The number of aromatic nitrogens is 2. The van der Waals surface area contributed by atoms with Crippen molar-refractivity contribution >= 4 is 15.9 Å². The Labute approximate surface area is 132 Å². The smallest absolute Gasteiger partial charge is 0.124 e. The molecule has 2 rings (SSSR count). The highest BCUT2D eigenvalue weighted by Gasteiger charge is 2.25. The van der Waals surface area contributed by atoms with Crippen molar-refractivity contribution in [2.75, 3.05) is 0 Å². The van der Waals surface area contributed by atoms with Crippen LogP contribution in [0.3, 0.4) is 0 Å². The summed E-state index contributed by atoms with van der Waals surface area (Å²) in [5.74, 6) is -0.311. The Morgan fingerprint density at radius 3 is 2.57 bits per heavy atom. The van der Waals surface area contributed by atoms with Crippen LogP contribution in [-0.4, -0.2) is 14.9 Å². The molecule has 1 aromatic carbocycles. The largest absolute Gasteiger partial charge is 0.388 e. The summed E-state index contributed by atoms with van der Waals surface area (Å²) >= 11 is 3.27. The molecule has 0 saturated carbocycles. The van der Waals surface area contributed by atoms with E-state index in [9.17, 15) is 9.50 Å². The lowest BCUT2D eigenvalue weighted by molar-refractivity contribution is 0.176. The molecule has 1 atom stereocenters. The lowest BCUT2D eigenvalue weighted by Crippen LogP contribution is -2.17. The van der Waals surface area contributed by atoms with Gasteiger partial charge in [-0.1, -0.05) is 36.7 Å². The molecular weight excluding hydrogens is 335 g/mol. The van der Waals surface area contributed by atoms with Crippen molar-refractivity contribution in [1.82, 2.24) is 9.78 Å². The fourth-order valence-corrected chi connectivity index (χ4v) is 2.91. The van der Waals surface area contributed by atoms with E-state index < -0.39 is 6.10 Å². The van der Waals surface area contributed by atoms with Crippen LogP contribution in [0.15, 0.2) is 28.9 Å². The maximum Gasteiger partial charge on any atom is 0.124 e. The molecule has 0 fully saturated rings. The molecule has 1 aromatic heterocycles. The molecule has 0 aliphatic heterocycles. The molecule has 0 saturated heterocycles. The third-order valence-electron chi connectivity index (χ3n) is 3.28. The molecule has 3 nitrogen and oxygen atoms in total. The average molecular weight is 355 g/mol. The Balaban J connectivity index is 2.30. The normalized spacial score (nSPS) is 13.5. The van der Waals surface area contributed by atoms with Gasteiger partial charge in [0.1, 0.15) is 5.82 Å². The third-order valence-corrected chi connectivity index (χ3v) is 3.74. The predicted molar refractivity (Wildman–Crippen MR) is 84.7 cm³/mol. The molecule has 114 valence electrons. The van der Waals surface area contributed by atoms with Gasteiger partial charge in [-0.3, -0.25) is 4.68 Å². The van der Waals surface area contributed by atoms with E-state index in [1.54, 1.807) is 4.68 Å². The average Bonchev–Trinajstić information content (AvgIpc) is 2.69. The molecule has 0 aliphatic carbocycles. The van der Waals surface area contributed by atoms with Gasteiger partial charge in [-0.2, -0.15) is 5.10 Å². The molecule has 0 radical (unpaired) electrons. The number of benzene rings is 1. The van der Waals surface area contributed by atoms with Crippen molar-refractivity contribution in [2.24, 2.45) is 7.05 Å². The predicted octanol–water partition coefficient (Wildman–Crippen LogP) is 3.90. The minimum absolute atomic E-state index is 0.153. The first-order chi connectivity index (χ1) is 9.66. The summed E-state index contributed by atoms with van der Waals surface area (Å²) < 4.78 is 15.8. The van der Waals surface area contributed by atoms with Gasteiger partial charge in [0.15, 0.2) is 0 Å². The van der Waals surface area contributed by atoms with Crippen LogP contribution in [0.25, 0.3) is 0 Å². The zero-order valence-corrected chi connectivity index (χ0v) is 14.3. The highest BCUT2D eigenvalue weighted by Crippen LogP contribution is 2.30. The molecule has 21 heavy (non-hydrogen) atoms. The zero-order valence-electron chi connectivity index (χ0n) is 12.7. The Morgan fingerprint density at radius 1 is 1.33 bits per heavy atom. The monoisotopic (exact) mass is 354 g/mol. The molecule has 1 heterocycles. The molecule has 1 N–H and O–H groups in total. The fourth-order valence-electron chi connectivity index (χ4n) is 2.40. The van der Waals surface area contributed by atoms with Gasteiger partial charge in [0, 0.05) is 35.1 Å². The number of nitrogens with zero attached hydrogens (tertiary/aromatic N) is 2. The molecule has 1 unspecified atom stereocenters. The van der Waals surface area contributed by atoms with Gasteiger partial charge in [0.2, 0.25) is 0 Å². The van der Waals surface area contributed by atoms with Gasteiger partial charge in [-0.15, -0.1) is 0 Å². The summed E-state index contributed by atoms with van der Waals surface area (Å²) in [6.07, 6.45) is 1.48. The molecule has 0 spiro atoms. The standard InChI is InChI=1S/C16H20BrFN2O/c1-16(2,3)15-13(9-20(4)19-15)14(21)7-10-5-11(17)8-12(18)6-10/h5-6,8-9,14,21H,7H2,1-4H3. The molecule has 0 bridgehead atoms. The lowest BCUT2D eigenvalue weighted by Gasteiger charge is -2.20. The minimum Gasteiger partial charge on any atom is -0.388 e. The first-order valence-corrected chi connectivity index (χ1v) is 7.63. The third kappa shape index (κ3) is 3.92. The molecule has 2 aromatic rings. The summed E-state index contributed by atoms with van der Waals surface area (Å²) in [5.41, 5.74) is 2.26. The van der Waals surface area contributed by atoms with Gasteiger partial charge in [0.25, 0.3) is 0 Å². The Kier molecular flexibility index (Phi) is 4.54. The zero-order chi connectivity index (χ0) is 15.8. The van der Waals surface area contributed by atoms with Crippen molar-refractivity contribution in [1.29, 1.82) is 0 Å². The molecule has 5 heteroatoms. The molecular formula is C16H20BrFN2O. The van der Waals surface area contributed by atoms with Crippen LogP contribution in [0, 0.1) is 5.82 Å². The summed E-state index contributed by atoms with van der Waals surface area (Å²) in [6, 6.07) is 4.67. The number of aryl methyl sites for hydroxylation is 1. The Morgan fingerprint density at radius 2 is 2.00 bits per heavy atom. The number of hydrogen-bond donors (Lipinski definition) is 1. The molecule has 0 aliphatic rings. The minimum atomic E-state index is -0.707. The van der Waals surface area contributed by atoms with Gasteiger partial charge in [0.05, 0.1) is 11.8 Å². The van der Waals surface area contributed by atoms with Gasteiger partial charge >= 0.3 is 0 Å². The van der Waals surface area contributed by atoms with Crippen molar-refractivity contribution in [3.05, 3.63) is 51.5 Å². The van der Waals surface area contributed by atoms with E-state index in [1.165, 1.54) is 12.1 Å². The van der Waals surface area contributed by atoms with E-state index in [1.807, 2.05) is 19.3 Å². The second-order valence-corrected chi connectivity index (χ2v) is 7.27. The quantitative estimate of drug-likeness (QED) is 0.907. The summed E-state index contributed by atoms with van der Waals surface area (Å²) in [4.78, 5) is 0. The second-order valence-electron chi connectivity index (χ2n) is 6.35. The van der Waals surface area contributed by atoms with Gasteiger partial charge < -0.3 is 5.11 Å². The van der Waals surface area contributed by atoms with E-state index in [2.05, 4.69) is 41.8 Å². The molecule has 0 amide bonds. The first kappa shape index (κ1) is 16.2. The number of aliphatic hydroxyl groups is 1. The summed E-state index contributed by atoms with van der Waals surface area (Å²) in [6.45, 7) is 6.18. The SMILES string of the molecule is Cn1cc(C(O)Cc2cc(F)cc(Br)c2)c(C(C)(C)C)n1. The van der Waals surface area contributed by atoms with Crippen LogP contribution in [0.2, 0.25) is 0 Å². The summed E-state index contributed by atoms with van der Waals surface area (Å²) in [5, 5.41) is 15.0. The number of hydrogen-bond acceptors (Lipinski definition) is 2. The fraction of sp³-hybridized carbons (Fsp3) is 0.438. The van der Waals surface area contributed by atoms with Crippen molar-refractivity contribution < 1.29 is 9.50 Å². The maximum absolute atomic E-state index is 13.4. The van der Waals surface area contributed by atoms with Gasteiger partial charge in [-0.05, 0) is 23.8 Å². The van der Waals surface area contributed by atoms with Crippen LogP contribution in [0.1, 0.15) is 43.7 Å². The van der Waals surface area contributed by atoms with E-state index in [4.69, 9.17) is 0 Å². The topological polar surface area (TPSA) is 38.0 Å². The van der Waals surface area contributed by atoms with Crippen molar-refractivity contribution in [2.45, 2.75) is 38.7 Å². The van der Waals surface area contributed by atoms with E-state index in [0.29, 0.717) is 10.9 Å². The highest BCUT2D eigenvalue weighted by molar-refractivity contribution is 9.10. The number of rotatable bonds is 3. The first-order valence-electron chi connectivity index (χ1n) is 6.84. The van der Waals surface area contributed by atoms with Crippen molar-refractivity contribution in [3.63, 3.8) is 0 Å². The van der Waals surface area contributed by atoms with Crippen LogP contribution in [0.4, 0.5) is 4.39 Å². The highest BCUT2D eigenvalue weighted by atomic mass is 79.9. The van der Waals surface area contributed by atoms with E-state index in [-0.39, 0.29) is 11.2 Å². The van der Waals surface area contributed by atoms with E-state index in [0.717, 1.165) is 16.8 Å². The number of aliphatic hydroxyl groups excluding tert-OH is 1. The Hall–Kier alpha value is -1.20.